The fourth-order valence-corrected chi connectivity index (χ4v) is 3.07. The lowest BCUT2D eigenvalue weighted by molar-refractivity contribution is -0.238. The molecule has 25 heavy (non-hydrogen) atoms. The first-order chi connectivity index (χ1) is 12.1. The Balaban J connectivity index is 1.64. The van der Waals surface area contributed by atoms with Crippen molar-refractivity contribution in [3.63, 3.8) is 0 Å². The topological polar surface area (TPSA) is 27.7 Å². The lowest BCUT2D eigenvalue weighted by Crippen LogP contribution is -2.41. The molecule has 0 saturated carbocycles. The Morgan fingerprint density at radius 1 is 0.960 bits per heavy atom. The predicted octanol–water partition coefficient (Wildman–Crippen LogP) is 5.31. The van der Waals surface area contributed by atoms with E-state index in [2.05, 4.69) is 0 Å². The molecule has 0 aromatic heterocycles. The number of hydrogen-bond acceptors (Lipinski definition) is 3. The molecule has 3 nitrogen and oxygen atoms in total. The molecule has 0 radical (unpaired) electrons. The van der Waals surface area contributed by atoms with Crippen molar-refractivity contribution in [2.45, 2.75) is 38.6 Å². The standard InChI is InChI=1S/C21H25FO3/c1-3-13-21(22)14-24-20(25-15-21)18-7-5-16(6-8-18)17-9-11-19(12-10-17)23-4-2/h5-12,20H,3-4,13-15H2,1-2H3. The highest BCUT2D eigenvalue weighted by atomic mass is 19.1. The van der Waals surface area contributed by atoms with Gasteiger partial charge in [-0.15, -0.1) is 0 Å². The average molecular weight is 344 g/mol. The van der Waals surface area contributed by atoms with E-state index in [1.54, 1.807) is 0 Å². The molecule has 1 heterocycles. The molecule has 2 aromatic carbocycles. The van der Waals surface area contributed by atoms with Gasteiger partial charge < -0.3 is 14.2 Å². The molecule has 2 aromatic rings. The first-order valence-corrected chi connectivity index (χ1v) is 8.89. The van der Waals surface area contributed by atoms with Crippen LogP contribution >= 0.6 is 0 Å². The third-order valence-corrected chi connectivity index (χ3v) is 4.37. The molecule has 1 saturated heterocycles. The van der Waals surface area contributed by atoms with E-state index in [1.807, 2.05) is 62.4 Å². The summed E-state index contributed by atoms with van der Waals surface area (Å²) in [5.41, 5.74) is 1.78. The summed E-state index contributed by atoms with van der Waals surface area (Å²) >= 11 is 0. The maximum atomic E-state index is 14.4. The largest absolute Gasteiger partial charge is 0.494 e. The Labute approximate surface area is 148 Å². The smallest absolute Gasteiger partial charge is 0.184 e. The van der Waals surface area contributed by atoms with Crippen LogP contribution in [-0.2, 0) is 9.47 Å². The Morgan fingerprint density at radius 2 is 1.52 bits per heavy atom. The summed E-state index contributed by atoms with van der Waals surface area (Å²) in [5.74, 6) is 0.869. The number of alkyl halides is 1. The van der Waals surface area contributed by atoms with Crippen molar-refractivity contribution in [3.05, 3.63) is 54.1 Å². The summed E-state index contributed by atoms with van der Waals surface area (Å²) in [5, 5.41) is 0. The van der Waals surface area contributed by atoms with Gasteiger partial charge >= 0.3 is 0 Å². The van der Waals surface area contributed by atoms with Crippen LogP contribution in [0, 0.1) is 0 Å². The van der Waals surface area contributed by atoms with E-state index >= 15 is 0 Å². The number of benzene rings is 2. The van der Waals surface area contributed by atoms with Gasteiger partial charge in [-0.3, -0.25) is 0 Å². The van der Waals surface area contributed by atoms with E-state index in [0.29, 0.717) is 13.0 Å². The highest BCUT2D eigenvalue weighted by molar-refractivity contribution is 5.64. The highest BCUT2D eigenvalue weighted by Gasteiger charge is 2.36. The molecule has 134 valence electrons. The van der Waals surface area contributed by atoms with Crippen LogP contribution in [-0.4, -0.2) is 25.5 Å². The maximum absolute atomic E-state index is 14.4. The second-order valence-corrected chi connectivity index (χ2v) is 6.43. The van der Waals surface area contributed by atoms with Crippen molar-refractivity contribution >= 4 is 0 Å². The molecule has 0 aliphatic carbocycles. The normalized spacial score (nSPS) is 23.4. The molecule has 0 spiro atoms. The minimum Gasteiger partial charge on any atom is -0.494 e. The van der Waals surface area contributed by atoms with Crippen LogP contribution in [0.5, 0.6) is 5.75 Å². The molecular formula is C21H25FO3. The highest BCUT2D eigenvalue weighted by Crippen LogP contribution is 2.32. The van der Waals surface area contributed by atoms with Gasteiger partial charge in [0.05, 0.1) is 19.8 Å². The van der Waals surface area contributed by atoms with Gasteiger partial charge in [0.15, 0.2) is 12.0 Å². The summed E-state index contributed by atoms with van der Waals surface area (Å²) in [7, 11) is 0. The first kappa shape index (κ1) is 17.9. The van der Waals surface area contributed by atoms with Gasteiger partial charge in [-0.2, -0.15) is 0 Å². The summed E-state index contributed by atoms with van der Waals surface area (Å²) in [6, 6.07) is 16.0. The lowest BCUT2D eigenvalue weighted by Gasteiger charge is -2.34. The minimum absolute atomic E-state index is 0.0894. The van der Waals surface area contributed by atoms with Crippen LogP contribution in [0.25, 0.3) is 11.1 Å². The van der Waals surface area contributed by atoms with E-state index in [-0.39, 0.29) is 13.2 Å². The molecule has 0 N–H and O–H groups in total. The van der Waals surface area contributed by atoms with Crippen LogP contribution < -0.4 is 4.74 Å². The van der Waals surface area contributed by atoms with Crippen LogP contribution in [0.4, 0.5) is 4.39 Å². The number of hydrogen-bond donors (Lipinski definition) is 0. The molecule has 0 atom stereocenters. The van der Waals surface area contributed by atoms with Crippen molar-refractivity contribution in [1.82, 2.24) is 0 Å². The monoisotopic (exact) mass is 344 g/mol. The predicted molar refractivity (Wildman–Crippen MR) is 96.4 cm³/mol. The zero-order valence-electron chi connectivity index (χ0n) is 14.8. The molecule has 1 aliphatic rings. The molecule has 0 amide bonds. The Morgan fingerprint density at radius 3 is 2.04 bits per heavy atom. The average Bonchev–Trinajstić information content (AvgIpc) is 2.64. The van der Waals surface area contributed by atoms with Crippen molar-refractivity contribution in [1.29, 1.82) is 0 Å². The number of halogens is 1. The zero-order valence-corrected chi connectivity index (χ0v) is 14.8. The summed E-state index contributed by atoms with van der Waals surface area (Å²) in [6.45, 7) is 4.77. The maximum Gasteiger partial charge on any atom is 0.184 e. The SMILES string of the molecule is CCCC1(F)COC(c2ccc(-c3ccc(OCC)cc3)cc2)OC1. The lowest BCUT2D eigenvalue weighted by atomic mass is 10.0. The van der Waals surface area contributed by atoms with Gasteiger partial charge in [0, 0.05) is 5.56 Å². The molecule has 4 heteroatoms. The third kappa shape index (κ3) is 4.39. The molecule has 3 rings (SSSR count). The fourth-order valence-electron chi connectivity index (χ4n) is 3.07. The van der Waals surface area contributed by atoms with E-state index in [4.69, 9.17) is 14.2 Å². The molecule has 1 aliphatic heterocycles. The van der Waals surface area contributed by atoms with Crippen LogP contribution in [0.2, 0.25) is 0 Å². The van der Waals surface area contributed by atoms with Crippen LogP contribution in [0.1, 0.15) is 38.5 Å². The van der Waals surface area contributed by atoms with Crippen molar-refractivity contribution < 1.29 is 18.6 Å². The van der Waals surface area contributed by atoms with Crippen molar-refractivity contribution in [2.75, 3.05) is 19.8 Å². The van der Waals surface area contributed by atoms with Gasteiger partial charge in [0.2, 0.25) is 0 Å². The summed E-state index contributed by atoms with van der Waals surface area (Å²) < 4.78 is 31.1. The molecule has 1 fully saturated rings. The van der Waals surface area contributed by atoms with E-state index in [1.165, 1.54) is 0 Å². The Kier molecular flexibility index (Phi) is 5.71. The second kappa shape index (κ2) is 7.98. The van der Waals surface area contributed by atoms with Gasteiger partial charge in [0.1, 0.15) is 5.75 Å². The van der Waals surface area contributed by atoms with Crippen LogP contribution in [0.3, 0.4) is 0 Å². The molecule has 0 unspecified atom stereocenters. The number of rotatable bonds is 6. The Bertz CT molecular complexity index is 659. The van der Waals surface area contributed by atoms with Gasteiger partial charge in [-0.25, -0.2) is 4.39 Å². The van der Waals surface area contributed by atoms with E-state index < -0.39 is 12.0 Å². The van der Waals surface area contributed by atoms with Gasteiger partial charge in [0.25, 0.3) is 0 Å². The Hall–Kier alpha value is -1.91. The van der Waals surface area contributed by atoms with E-state index in [9.17, 15) is 4.39 Å². The van der Waals surface area contributed by atoms with Crippen molar-refractivity contribution in [2.24, 2.45) is 0 Å². The third-order valence-electron chi connectivity index (χ3n) is 4.37. The van der Waals surface area contributed by atoms with Gasteiger partial charge in [-0.1, -0.05) is 49.7 Å². The van der Waals surface area contributed by atoms with Crippen LogP contribution in [0.15, 0.2) is 48.5 Å². The number of ether oxygens (including phenoxy) is 3. The second-order valence-electron chi connectivity index (χ2n) is 6.43. The van der Waals surface area contributed by atoms with Crippen molar-refractivity contribution in [3.8, 4) is 16.9 Å². The summed E-state index contributed by atoms with van der Waals surface area (Å²) in [4.78, 5) is 0. The zero-order chi connectivity index (χ0) is 17.7. The first-order valence-electron chi connectivity index (χ1n) is 8.89. The minimum atomic E-state index is -1.35. The van der Waals surface area contributed by atoms with E-state index in [0.717, 1.165) is 28.9 Å². The fraction of sp³-hybridized carbons (Fsp3) is 0.429. The molecule has 0 bridgehead atoms. The van der Waals surface area contributed by atoms with Gasteiger partial charge in [-0.05, 0) is 36.6 Å². The summed E-state index contributed by atoms with van der Waals surface area (Å²) in [6.07, 6.45) is 0.760. The quantitative estimate of drug-likeness (QED) is 0.711. The molecular weight excluding hydrogens is 319 g/mol.